The first-order valence-corrected chi connectivity index (χ1v) is 6.76. The van der Waals surface area contributed by atoms with E-state index in [-0.39, 0.29) is 5.52 Å². The maximum absolute atomic E-state index is 12.7. The largest absolute Gasteiger partial charge is 0.416 e. The van der Waals surface area contributed by atoms with Gasteiger partial charge >= 0.3 is 6.18 Å². The molecule has 112 valence electrons. The fraction of sp³-hybridized carbons (Fsp3) is 0.429. The molecule has 1 atom stereocenters. The van der Waals surface area contributed by atoms with E-state index in [0.29, 0.717) is 17.4 Å². The van der Waals surface area contributed by atoms with Crippen molar-refractivity contribution in [1.29, 1.82) is 0 Å². The lowest BCUT2D eigenvalue weighted by atomic mass is 10.2. The Hall–Kier alpha value is -1.89. The molecular weight excluding hydrogens is 281 g/mol. The lowest BCUT2D eigenvalue weighted by Crippen LogP contribution is -2.49. The fourth-order valence-corrected chi connectivity index (χ4v) is 2.47. The van der Waals surface area contributed by atoms with Crippen LogP contribution in [-0.4, -0.2) is 35.6 Å². The van der Waals surface area contributed by atoms with Crippen molar-refractivity contribution in [2.24, 2.45) is 0 Å². The molecule has 0 bridgehead atoms. The molecule has 0 aliphatic carbocycles. The zero-order chi connectivity index (χ0) is 15.0. The highest BCUT2D eigenvalue weighted by molar-refractivity contribution is 5.76. The van der Waals surface area contributed by atoms with Crippen molar-refractivity contribution in [2.45, 2.75) is 19.1 Å². The first-order chi connectivity index (χ1) is 9.93. The third kappa shape index (κ3) is 2.92. The summed E-state index contributed by atoms with van der Waals surface area (Å²) >= 11 is 0. The van der Waals surface area contributed by atoms with Gasteiger partial charge in [0.05, 0.1) is 22.8 Å². The van der Waals surface area contributed by atoms with Crippen LogP contribution < -0.4 is 10.2 Å². The predicted octanol–water partition coefficient (Wildman–Crippen LogP) is 2.45. The van der Waals surface area contributed by atoms with Gasteiger partial charge in [-0.2, -0.15) is 13.2 Å². The molecule has 1 saturated heterocycles. The maximum atomic E-state index is 12.7. The zero-order valence-electron chi connectivity index (χ0n) is 11.5. The van der Waals surface area contributed by atoms with E-state index >= 15 is 0 Å². The number of halogens is 3. The van der Waals surface area contributed by atoms with Gasteiger partial charge in [0.1, 0.15) is 5.82 Å². The van der Waals surface area contributed by atoms with Crippen molar-refractivity contribution in [2.75, 3.05) is 24.5 Å². The molecule has 0 unspecified atom stereocenters. The number of benzene rings is 1. The normalized spacial score (nSPS) is 20.0. The molecule has 1 aromatic carbocycles. The molecule has 7 heteroatoms. The van der Waals surface area contributed by atoms with Crippen molar-refractivity contribution in [3.05, 3.63) is 30.0 Å². The molecule has 0 radical (unpaired) electrons. The van der Waals surface area contributed by atoms with Gasteiger partial charge in [-0.3, -0.25) is 4.98 Å². The van der Waals surface area contributed by atoms with Crippen LogP contribution in [0.4, 0.5) is 19.0 Å². The van der Waals surface area contributed by atoms with Gasteiger partial charge in [-0.25, -0.2) is 4.98 Å². The molecule has 1 fully saturated rings. The summed E-state index contributed by atoms with van der Waals surface area (Å²) in [5.74, 6) is 0.704. The minimum Gasteiger partial charge on any atom is -0.352 e. The minimum atomic E-state index is -4.36. The van der Waals surface area contributed by atoms with E-state index in [1.165, 1.54) is 6.07 Å². The molecule has 0 saturated carbocycles. The Bertz CT molecular complexity index is 656. The highest BCUT2D eigenvalue weighted by Gasteiger charge is 2.30. The van der Waals surface area contributed by atoms with Crippen molar-refractivity contribution in [3.63, 3.8) is 0 Å². The summed E-state index contributed by atoms with van der Waals surface area (Å²) in [6, 6.07) is 3.80. The quantitative estimate of drug-likeness (QED) is 0.877. The number of anilines is 1. The van der Waals surface area contributed by atoms with Gasteiger partial charge in [0.2, 0.25) is 0 Å². The van der Waals surface area contributed by atoms with E-state index in [9.17, 15) is 13.2 Å². The van der Waals surface area contributed by atoms with E-state index < -0.39 is 11.7 Å². The second kappa shape index (κ2) is 5.14. The molecule has 1 N–H and O–H groups in total. The van der Waals surface area contributed by atoms with Crippen molar-refractivity contribution in [1.82, 2.24) is 15.3 Å². The number of nitrogens with zero attached hydrogens (tertiary/aromatic N) is 3. The number of aromatic nitrogens is 2. The molecule has 1 aromatic heterocycles. The van der Waals surface area contributed by atoms with Crippen molar-refractivity contribution in [3.8, 4) is 0 Å². The van der Waals surface area contributed by atoms with Crippen molar-refractivity contribution >= 4 is 16.9 Å². The molecule has 4 nitrogen and oxygen atoms in total. The summed E-state index contributed by atoms with van der Waals surface area (Å²) in [5.41, 5.74) is 0.0382. The number of hydrogen-bond acceptors (Lipinski definition) is 4. The highest BCUT2D eigenvalue weighted by atomic mass is 19.4. The SMILES string of the molecule is C[C@@H]1CN(c2cnc3cc(C(F)(F)F)ccc3n2)CCN1. The van der Waals surface area contributed by atoms with E-state index in [1.807, 2.05) is 0 Å². The molecule has 1 aliphatic rings. The van der Waals surface area contributed by atoms with E-state index in [1.54, 1.807) is 6.20 Å². The monoisotopic (exact) mass is 296 g/mol. The Labute approximate surface area is 120 Å². The van der Waals surface area contributed by atoms with Crippen LogP contribution in [0, 0.1) is 0 Å². The Kier molecular flexibility index (Phi) is 3.44. The highest BCUT2D eigenvalue weighted by Crippen LogP contribution is 2.31. The molecule has 2 heterocycles. The summed E-state index contributed by atoms with van der Waals surface area (Å²) in [5, 5.41) is 3.33. The Morgan fingerprint density at radius 1 is 1.29 bits per heavy atom. The van der Waals surface area contributed by atoms with E-state index in [4.69, 9.17) is 0 Å². The summed E-state index contributed by atoms with van der Waals surface area (Å²) in [4.78, 5) is 10.6. The van der Waals surface area contributed by atoms with Crippen LogP contribution in [0.15, 0.2) is 24.4 Å². The van der Waals surface area contributed by atoms with Crippen LogP contribution in [0.1, 0.15) is 12.5 Å². The molecule has 2 aromatic rings. The first-order valence-electron chi connectivity index (χ1n) is 6.76. The molecule has 3 rings (SSSR count). The summed E-state index contributed by atoms with van der Waals surface area (Å²) in [7, 11) is 0. The average Bonchev–Trinajstić information content (AvgIpc) is 2.45. The van der Waals surface area contributed by atoms with Gasteiger partial charge in [-0.1, -0.05) is 0 Å². The zero-order valence-corrected chi connectivity index (χ0v) is 11.5. The van der Waals surface area contributed by atoms with Crippen molar-refractivity contribution < 1.29 is 13.2 Å². The number of alkyl halides is 3. The number of rotatable bonds is 1. The second-order valence-corrected chi connectivity index (χ2v) is 5.23. The van der Waals surface area contributed by atoms with Gasteiger partial charge in [-0.15, -0.1) is 0 Å². The molecule has 0 amide bonds. The standard InChI is InChI=1S/C14H15F3N4/c1-9-8-21(5-4-18-9)13-7-19-12-6-10(14(15,16)17)2-3-11(12)20-13/h2-3,6-7,9,18H,4-5,8H2,1H3/t9-/m1/s1. The van der Waals surface area contributed by atoms with Gasteiger partial charge in [0.15, 0.2) is 0 Å². The molecule has 21 heavy (non-hydrogen) atoms. The van der Waals surface area contributed by atoms with Crippen LogP contribution in [-0.2, 0) is 6.18 Å². The van der Waals surface area contributed by atoms with Crippen LogP contribution >= 0.6 is 0 Å². The number of piperazine rings is 1. The third-order valence-corrected chi connectivity index (χ3v) is 3.55. The molecule has 1 aliphatic heterocycles. The first kappa shape index (κ1) is 14.1. The van der Waals surface area contributed by atoms with Gasteiger partial charge in [0, 0.05) is 25.7 Å². The Balaban J connectivity index is 1.94. The predicted molar refractivity (Wildman–Crippen MR) is 74.2 cm³/mol. The van der Waals surface area contributed by atoms with Gasteiger partial charge in [-0.05, 0) is 25.1 Å². The lowest BCUT2D eigenvalue weighted by Gasteiger charge is -2.32. The summed E-state index contributed by atoms with van der Waals surface area (Å²) in [6.45, 7) is 4.55. The van der Waals surface area contributed by atoms with Crippen LogP contribution in [0.3, 0.4) is 0 Å². The van der Waals surface area contributed by atoms with E-state index in [2.05, 4.69) is 27.1 Å². The van der Waals surface area contributed by atoms with Crippen LogP contribution in [0.2, 0.25) is 0 Å². The second-order valence-electron chi connectivity index (χ2n) is 5.23. The van der Waals surface area contributed by atoms with Gasteiger partial charge in [0.25, 0.3) is 0 Å². The topological polar surface area (TPSA) is 41.1 Å². The Morgan fingerprint density at radius 2 is 2.10 bits per heavy atom. The number of nitrogens with one attached hydrogen (secondary N) is 1. The maximum Gasteiger partial charge on any atom is 0.416 e. The fourth-order valence-electron chi connectivity index (χ4n) is 2.47. The van der Waals surface area contributed by atoms with E-state index in [0.717, 1.165) is 31.8 Å². The summed E-state index contributed by atoms with van der Waals surface area (Å²) < 4.78 is 38.0. The smallest absolute Gasteiger partial charge is 0.352 e. The lowest BCUT2D eigenvalue weighted by molar-refractivity contribution is -0.137. The van der Waals surface area contributed by atoms with Gasteiger partial charge < -0.3 is 10.2 Å². The average molecular weight is 296 g/mol. The number of fused-ring (bicyclic) bond motifs is 1. The number of hydrogen-bond donors (Lipinski definition) is 1. The van der Waals surface area contributed by atoms with Crippen LogP contribution in [0.25, 0.3) is 11.0 Å². The Morgan fingerprint density at radius 3 is 2.81 bits per heavy atom. The molecular formula is C14H15F3N4. The van der Waals surface area contributed by atoms with Crippen LogP contribution in [0.5, 0.6) is 0 Å². The third-order valence-electron chi connectivity index (χ3n) is 3.55. The minimum absolute atomic E-state index is 0.261. The molecule has 0 spiro atoms. The summed E-state index contributed by atoms with van der Waals surface area (Å²) in [6.07, 6.45) is -2.82.